The van der Waals surface area contributed by atoms with Crippen LogP contribution in [0.1, 0.15) is 11.4 Å². The molecule has 2 amide bonds. The average Bonchev–Trinajstić information content (AvgIpc) is 2.96. The highest BCUT2D eigenvalue weighted by Gasteiger charge is 2.12. The van der Waals surface area contributed by atoms with Crippen LogP contribution in [0.25, 0.3) is 0 Å². The maximum absolute atomic E-state index is 11.7. The van der Waals surface area contributed by atoms with E-state index < -0.39 is 6.09 Å². The van der Waals surface area contributed by atoms with Crippen LogP contribution in [0.15, 0.2) is 24.3 Å². The number of ether oxygens (including phenoxy) is 1. The smallest absolute Gasteiger partial charge is 0.410 e. The Balaban J connectivity index is 2.01. The maximum Gasteiger partial charge on any atom is 0.414 e. The molecule has 0 saturated carbocycles. The Kier molecular flexibility index (Phi) is 4.89. The third kappa shape index (κ3) is 4.25. The van der Waals surface area contributed by atoms with E-state index >= 15 is 0 Å². The van der Waals surface area contributed by atoms with E-state index in [0.717, 1.165) is 10.4 Å². The molecule has 9 nitrogen and oxygen atoms in total. The molecule has 0 saturated heterocycles. The number of hydrogen-bond acceptors (Lipinski definition) is 6. The number of tetrazole rings is 1. The Labute approximate surface area is 133 Å². The summed E-state index contributed by atoms with van der Waals surface area (Å²) in [5.41, 5.74) is 0.909. The van der Waals surface area contributed by atoms with Gasteiger partial charge in [-0.15, -0.1) is 10.2 Å². The van der Waals surface area contributed by atoms with Crippen molar-refractivity contribution < 1.29 is 14.3 Å². The van der Waals surface area contributed by atoms with Crippen LogP contribution in [-0.4, -0.2) is 70.3 Å². The van der Waals surface area contributed by atoms with Gasteiger partial charge in [0.1, 0.15) is 5.75 Å². The summed E-state index contributed by atoms with van der Waals surface area (Å²) in [5.74, 6) is 0.880. The molecule has 0 N–H and O–H groups in total. The topological polar surface area (TPSA) is 93.5 Å². The van der Waals surface area contributed by atoms with Gasteiger partial charge in [0.2, 0.25) is 0 Å². The number of carbonyl (C=O) groups excluding carboxylic acids is 2. The highest BCUT2D eigenvalue weighted by Crippen LogP contribution is 2.14. The molecule has 0 fully saturated rings. The number of rotatable bonds is 3. The third-order valence-electron chi connectivity index (χ3n) is 2.86. The number of benzene rings is 1. The molecule has 0 atom stereocenters. The Bertz CT molecular complexity index is 693. The Morgan fingerprint density at radius 3 is 2.30 bits per heavy atom. The number of amides is 2. The second kappa shape index (κ2) is 6.86. The summed E-state index contributed by atoms with van der Waals surface area (Å²) < 4.78 is 5.13. The predicted molar refractivity (Wildman–Crippen MR) is 81.3 cm³/mol. The van der Waals surface area contributed by atoms with Crippen molar-refractivity contribution in [2.45, 2.75) is 6.42 Å². The summed E-state index contributed by atoms with van der Waals surface area (Å²) in [6, 6.07) is 6.60. The lowest BCUT2D eigenvalue weighted by Gasteiger charge is -2.10. The van der Waals surface area contributed by atoms with E-state index in [-0.39, 0.29) is 6.03 Å². The van der Waals surface area contributed by atoms with Crippen molar-refractivity contribution in [1.82, 2.24) is 30.0 Å². The van der Waals surface area contributed by atoms with Crippen LogP contribution in [0.4, 0.5) is 9.59 Å². The van der Waals surface area contributed by atoms with Crippen LogP contribution in [0, 0.1) is 0 Å². The van der Waals surface area contributed by atoms with Crippen LogP contribution >= 0.6 is 0 Å². The fourth-order valence-electron chi connectivity index (χ4n) is 1.62. The lowest BCUT2D eigenvalue weighted by molar-refractivity contribution is 0.172. The monoisotopic (exact) mass is 318 g/mol. The van der Waals surface area contributed by atoms with Gasteiger partial charge in [0.25, 0.3) is 0 Å². The van der Waals surface area contributed by atoms with Crippen molar-refractivity contribution in [3.8, 4) is 5.75 Å². The second-order valence-corrected chi connectivity index (χ2v) is 5.26. The molecule has 0 radical (unpaired) electrons. The zero-order valence-corrected chi connectivity index (χ0v) is 13.4. The highest BCUT2D eigenvalue weighted by molar-refractivity contribution is 5.74. The summed E-state index contributed by atoms with van der Waals surface area (Å²) in [4.78, 5) is 26.8. The maximum atomic E-state index is 11.7. The SMILES string of the molecule is CN(C)C(=O)Oc1ccc(Cc2nnn(C(=O)N(C)C)n2)cc1. The molecule has 9 heteroatoms. The molecule has 23 heavy (non-hydrogen) atoms. The van der Waals surface area contributed by atoms with E-state index in [9.17, 15) is 9.59 Å². The standard InChI is InChI=1S/C14H18N6O3/c1-18(2)13(21)20-16-12(15-17-20)9-10-5-7-11(8-6-10)23-14(22)19(3)4/h5-8H,9H2,1-4H3. The molecular formula is C14H18N6O3. The first kappa shape index (κ1) is 16.4. The molecule has 0 aliphatic heterocycles. The van der Waals surface area contributed by atoms with Gasteiger partial charge in [0, 0.05) is 34.6 Å². The lowest BCUT2D eigenvalue weighted by Crippen LogP contribution is -2.29. The van der Waals surface area contributed by atoms with Gasteiger partial charge in [-0.25, -0.2) is 9.59 Å². The summed E-state index contributed by atoms with van der Waals surface area (Å²) in [6.07, 6.45) is -0.0210. The van der Waals surface area contributed by atoms with E-state index in [1.165, 1.54) is 9.80 Å². The van der Waals surface area contributed by atoms with Gasteiger partial charge in [0.15, 0.2) is 5.82 Å². The van der Waals surface area contributed by atoms with Gasteiger partial charge in [-0.05, 0) is 22.9 Å². The number of hydrogen-bond donors (Lipinski definition) is 0. The fraction of sp³-hybridized carbons (Fsp3) is 0.357. The predicted octanol–water partition coefficient (Wildman–Crippen LogP) is 0.854. The lowest BCUT2D eigenvalue weighted by atomic mass is 10.1. The Hall–Kier alpha value is -2.97. The minimum absolute atomic E-state index is 0.366. The number of carbonyl (C=O) groups is 2. The van der Waals surface area contributed by atoms with Crippen molar-refractivity contribution >= 4 is 12.1 Å². The van der Waals surface area contributed by atoms with Crippen LogP contribution in [0.3, 0.4) is 0 Å². The molecule has 0 aliphatic rings. The van der Waals surface area contributed by atoms with E-state index in [4.69, 9.17) is 4.74 Å². The van der Waals surface area contributed by atoms with Crippen molar-refractivity contribution in [2.75, 3.05) is 28.2 Å². The van der Waals surface area contributed by atoms with Crippen molar-refractivity contribution in [1.29, 1.82) is 0 Å². The van der Waals surface area contributed by atoms with Crippen molar-refractivity contribution in [3.05, 3.63) is 35.7 Å². The number of aromatic nitrogens is 4. The van der Waals surface area contributed by atoms with Crippen LogP contribution in [-0.2, 0) is 6.42 Å². The van der Waals surface area contributed by atoms with Gasteiger partial charge >= 0.3 is 12.1 Å². The molecule has 2 rings (SSSR count). The van der Waals surface area contributed by atoms with Gasteiger partial charge in [-0.2, -0.15) is 0 Å². The number of nitrogens with zero attached hydrogens (tertiary/aromatic N) is 6. The van der Waals surface area contributed by atoms with Gasteiger partial charge in [0.05, 0.1) is 0 Å². The highest BCUT2D eigenvalue weighted by atomic mass is 16.6. The molecule has 1 aromatic carbocycles. The zero-order chi connectivity index (χ0) is 17.0. The molecular weight excluding hydrogens is 300 g/mol. The van der Waals surface area contributed by atoms with E-state index in [1.807, 2.05) is 0 Å². The van der Waals surface area contributed by atoms with E-state index in [1.54, 1.807) is 52.5 Å². The molecule has 1 heterocycles. The summed E-state index contributed by atoms with van der Waals surface area (Å²) in [7, 11) is 6.44. The third-order valence-corrected chi connectivity index (χ3v) is 2.86. The minimum Gasteiger partial charge on any atom is -0.410 e. The first-order chi connectivity index (χ1) is 10.9. The van der Waals surface area contributed by atoms with Gasteiger partial charge < -0.3 is 14.5 Å². The second-order valence-electron chi connectivity index (χ2n) is 5.26. The van der Waals surface area contributed by atoms with Crippen molar-refractivity contribution in [3.63, 3.8) is 0 Å². The van der Waals surface area contributed by atoms with Gasteiger partial charge in [-0.1, -0.05) is 16.9 Å². The molecule has 0 bridgehead atoms. The Morgan fingerprint density at radius 1 is 1.09 bits per heavy atom. The summed E-state index contributed by atoms with van der Waals surface area (Å²) in [5, 5.41) is 11.6. The normalized spacial score (nSPS) is 10.3. The molecule has 0 unspecified atom stereocenters. The molecule has 2 aromatic rings. The van der Waals surface area contributed by atoms with Crippen LogP contribution in [0.2, 0.25) is 0 Å². The summed E-state index contributed by atoms with van der Waals surface area (Å²) in [6.45, 7) is 0. The molecule has 0 spiro atoms. The van der Waals surface area contributed by atoms with Gasteiger partial charge in [-0.3, -0.25) is 0 Å². The van der Waals surface area contributed by atoms with E-state index in [2.05, 4.69) is 15.4 Å². The van der Waals surface area contributed by atoms with E-state index in [0.29, 0.717) is 18.0 Å². The first-order valence-electron chi connectivity index (χ1n) is 6.85. The molecule has 0 aliphatic carbocycles. The Morgan fingerprint density at radius 2 is 1.74 bits per heavy atom. The average molecular weight is 318 g/mol. The van der Waals surface area contributed by atoms with Crippen LogP contribution < -0.4 is 4.74 Å². The fourth-order valence-corrected chi connectivity index (χ4v) is 1.62. The van der Waals surface area contributed by atoms with Crippen LogP contribution in [0.5, 0.6) is 5.75 Å². The molecule has 122 valence electrons. The minimum atomic E-state index is -0.440. The zero-order valence-electron chi connectivity index (χ0n) is 13.4. The quantitative estimate of drug-likeness (QED) is 0.833. The molecule has 1 aromatic heterocycles. The first-order valence-corrected chi connectivity index (χ1v) is 6.85. The largest absolute Gasteiger partial charge is 0.414 e. The van der Waals surface area contributed by atoms with Crippen molar-refractivity contribution in [2.24, 2.45) is 0 Å². The summed E-state index contributed by atoms with van der Waals surface area (Å²) >= 11 is 0.